The lowest BCUT2D eigenvalue weighted by Gasteiger charge is -2.22. The van der Waals surface area contributed by atoms with Gasteiger partial charge in [0, 0.05) is 10.6 Å². The lowest BCUT2D eigenvalue weighted by Crippen LogP contribution is -2.32. The van der Waals surface area contributed by atoms with Crippen molar-refractivity contribution in [3.05, 3.63) is 65.2 Å². The molecule has 124 valence electrons. The average molecular weight is 339 g/mol. The van der Waals surface area contributed by atoms with E-state index in [0.717, 1.165) is 37.0 Å². The lowest BCUT2D eigenvalue weighted by molar-refractivity contribution is 0.0989. The fourth-order valence-corrected chi connectivity index (χ4v) is 4.69. The zero-order valence-electron chi connectivity index (χ0n) is 13.5. The summed E-state index contributed by atoms with van der Waals surface area (Å²) in [5.74, 6) is 0.920. The number of hydrogen-bond donors (Lipinski definition) is 1. The van der Waals surface area contributed by atoms with Crippen LogP contribution in [0.25, 0.3) is 0 Å². The molecule has 1 saturated carbocycles. The average Bonchev–Trinajstić information content (AvgIpc) is 3.06. The van der Waals surface area contributed by atoms with Crippen molar-refractivity contribution in [3.8, 4) is 0 Å². The second-order valence-corrected chi connectivity index (χ2v) is 7.43. The Hall–Kier alpha value is -1.94. The van der Waals surface area contributed by atoms with Crippen LogP contribution in [0.2, 0.25) is 0 Å². The molecule has 0 bridgehead atoms. The van der Waals surface area contributed by atoms with Gasteiger partial charge in [-0.1, -0.05) is 42.5 Å². The Morgan fingerprint density at radius 3 is 2.54 bits per heavy atom. The number of fused-ring (bicyclic) bond motifs is 2. The van der Waals surface area contributed by atoms with Gasteiger partial charge in [0.2, 0.25) is 0 Å². The quantitative estimate of drug-likeness (QED) is 0.832. The highest BCUT2D eigenvalue weighted by Gasteiger charge is 2.27. The molecule has 0 saturated heterocycles. The SMILES string of the molecule is O=C(N[C@H]1c2ccccc2CSc2ccccc21)OC1CCCC1. The summed E-state index contributed by atoms with van der Waals surface area (Å²) in [6, 6.07) is 16.5. The summed E-state index contributed by atoms with van der Waals surface area (Å²) in [7, 11) is 0. The third-order valence-corrected chi connectivity index (χ3v) is 5.96. The van der Waals surface area contributed by atoms with Crippen molar-refractivity contribution in [2.45, 2.75) is 48.5 Å². The van der Waals surface area contributed by atoms with Crippen molar-refractivity contribution >= 4 is 17.9 Å². The number of alkyl carbamates (subject to hydrolysis) is 1. The molecule has 3 nitrogen and oxygen atoms in total. The van der Waals surface area contributed by atoms with Crippen LogP contribution in [0.3, 0.4) is 0 Å². The number of amides is 1. The normalized spacial score (nSPS) is 19.9. The molecule has 4 heteroatoms. The maximum atomic E-state index is 12.5. The minimum absolute atomic E-state index is 0.0793. The smallest absolute Gasteiger partial charge is 0.408 e. The zero-order valence-corrected chi connectivity index (χ0v) is 14.4. The van der Waals surface area contributed by atoms with Crippen LogP contribution < -0.4 is 5.32 Å². The van der Waals surface area contributed by atoms with Crippen molar-refractivity contribution in [1.82, 2.24) is 5.32 Å². The van der Waals surface area contributed by atoms with Crippen molar-refractivity contribution in [2.24, 2.45) is 0 Å². The number of rotatable bonds is 2. The molecule has 1 amide bonds. The summed E-state index contributed by atoms with van der Waals surface area (Å²) >= 11 is 1.82. The van der Waals surface area contributed by atoms with Crippen molar-refractivity contribution in [2.75, 3.05) is 0 Å². The molecule has 0 spiro atoms. The summed E-state index contributed by atoms with van der Waals surface area (Å²) in [5, 5.41) is 3.12. The van der Waals surface area contributed by atoms with E-state index in [0.29, 0.717) is 0 Å². The molecule has 0 aromatic heterocycles. The highest BCUT2D eigenvalue weighted by atomic mass is 32.2. The van der Waals surface area contributed by atoms with Crippen molar-refractivity contribution in [3.63, 3.8) is 0 Å². The van der Waals surface area contributed by atoms with Crippen LogP contribution in [0.5, 0.6) is 0 Å². The van der Waals surface area contributed by atoms with Gasteiger partial charge in [0.1, 0.15) is 6.10 Å². The second kappa shape index (κ2) is 6.89. The maximum absolute atomic E-state index is 12.5. The molecule has 0 unspecified atom stereocenters. The predicted molar refractivity (Wildman–Crippen MR) is 96.2 cm³/mol. The monoisotopic (exact) mass is 339 g/mol. The minimum Gasteiger partial charge on any atom is -0.446 e. The predicted octanol–water partition coefficient (Wildman–Crippen LogP) is 5.05. The van der Waals surface area contributed by atoms with Gasteiger partial charge in [-0.2, -0.15) is 0 Å². The number of carbonyl (C=O) groups is 1. The third-order valence-electron chi connectivity index (χ3n) is 4.82. The van der Waals surface area contributed by atoms with Gasteiger partial charge in [-0.05, 0) is 48.4 Å². The summed E-state index contributed by atoms with van der Waals surface area (Å²) < 4.78 is 5.63. The van der Waals surface area contributed by atoms with E-state index in [1.54, 1.807) is 0 Å². The summed E-state index contributed by atoms with van der Waals surface area (Å²) in [5.41, 5.74) is 3.58. The maximum Gasteiger partial charge on any atom is 0.408 e. The Labute approximate surface area is 146 Å². The molecule has 4 rings (SSSR count). The van der Waals surface area contributed by atoms with Gasteiger partial charge in [0.05, 0.1) is 6.04 Å². The van der Waals surface area contributed by atoms with Gasteiger partial charge in [-0.25, -0.2) is 4.79 Å². The fourth-order valence-electron chi connectivity index (χ4n) is 3.59. The summed E-state index contributed by atoms with van der Waals surface area (Å²) in [6.45, 7) is 0. The molecule has 2 aromatic carbocycles. The van der Waals surface area contributed by atoms with Crippen molar-refractivity contribution in [1.29, 1.82) is 0 Å². The van der Waals surface area contributed by atoms with Crippen LogP contribution in [0.15, 0.2) is 53.4 Å². The molecule has 2 aromatic rings. The molecule has 1 aliphatic heterocycles. The van der Waals surface area contributed by atoms with E-state index in [4.69, 9.17) is 4.74 Å². The number of hydrogen-bond acceptors (Lipinski definition) is 3. The van der Waals surface area contributed by atoms with Crippen LogP contribution in [-0.4, -0.2) is 12.2 Å². The molecule has 1 aliphatic carbocycles. The minimum atomic E-state index is -0.302. The van der Waals surface area contributed by atoms with E-state index in [-0.39, 0.29) is 18.2 Å². The van der Waals surface area contributed by atoms with Gasteiger partial charge in [0.15, 0.2) is 0 Å². The molecule has 1 atom stereocenters. The Bertz CT molecular complexity index is 692. The number of benzene rings is 2. The van der Waals surface area contributed by atoms with Crippen LogP contribution in [0.1, 0.15) is 48.4 Å². The first-order valence-corrected chi connectivity index (χ1v) is 9.56. The van der Waals surface area contributed by atoms with E-state index in [9.17, 15) is 4.79 Å². The highest BCUT2D eigenvalue weighted by molar-refractivity contribution is 7.98. The third kappa shape index (κ3) is 3.16. The van der Waals surface area contributed by atoms with Crippen molar-refractivity contribution < 1.29 is 9.53 Å². The molecule has 1 fully saturated rings. The number of carbonyl (C=O) groups excluding carboxylic acids is 1. The van der Waals surface area contributed by atoms with E-state index < -0.39 is 0 Å². The Kier molecular flexibility index (Phi) is 4.48. The Morgan fingerprint density at radius 2 is 1.71 bits per heavy atom. The van der Waals surface area contributed by atoms with Gasteiger partial charge in [0.25, 0.3) is 0 Å². The molecule has 2 aliphatic rings. The first-order valence-electron chi connectivity index (χ1n) is 8.58. The standard InChI is InChI=1S/C20H21NO2S/c22-20(23-15-8-2-3-9-15)21-19-16-10-4-1-7-14(16)13-24-18-12-6-5-11-17(18)19/h1,4-7,10-12,15,19H,2-3,8-9,13H2,(H,21,22)/t19-/m0/s1. The van der Waals surface area contributed by atoms with Gasteiger partial charge in [-0.3, -0.25) is 0 Å². The topological polar surface area (TPSA) is 38.3 Å². The number of nitrogens with one attached hydrogen (secondary N) is 1. The van der Waals surface area contributed by atoms with E-state index in [2.05, 4.69) is 41.7 Å². The Morgan fingerprint density at radius 1 is 1.00 bits per heavy atom. The number of ether oxygens (including phenoxy) is 1. The fraction of sp³-hybridized carbons (Fsp3) is 0.350. The first kappa shape index (κ1) is 15.6. The largest absolute Gasteiger partial charge is 0.446 e. The zero-order chi connectivity index (χ0) is 16.4. The lowest BCUT2D eigenvalue weighted by atomic mass is 9.95. The Balaban J connectivity index is 1.63. The van der Waals surface area contributed by atoms with Gasteiger partial charge >= 0.3 is 6.09 Å². The molecule has 0 radical (unpaired) electrons. The molecule has 1 N–H and O–H groups in total. The molecular formula is C20H21NO2S. The first-order chi connectivity index (χ1) is 11.8. The van der Waals surface area contributed by atoms with Crippen LogP contribution in [-0.2, 0) is 10.5 Å². The summed E-state index contributed by atoms with van der Waals surface area (Å²) in [4.78, 5) is 13.7. The molecule has 1 heterocycles. The van der Waals surface area contributed by atoms with Crippen LogP contribution in [0.4, 0.5) is 4.79 Å². The molecule has 24 heavy (non-hydrogen) atoms. The summed E-state index contributed by atoms with van der Waals surface area (Å²) in [6.07, 6.45) is 4.06. The van der Waals surface area contributed by atoms with Gasteiger partial charge in [-0.15, -0.1) is 11.8 Å². The second-order valence-electron chi connectivity index (χ2n) is 6.41. The molecular weight excluding hydrogens is 318 g/mol. The van der Waals surface area contributed by atoms with Gasteiger partial charge < -0.3 is 10.1 Å². The van der Waals surface area contributed by atoms with Crippen LogP contribution in [0, 0.1) is 0 Å². The van der Waals surface area contributed by atoms with E-state index >= 15 is 0 Å². The van der Waals surface area contributed by atoms with E-state index in [1.807, 2.05) is 23.9 Å². The number of thioether (sulfide) groups is 1. The highest BCUT2D eigenvalue weighted by Crippen LogP contribution is 2.39. The van der Waals surface area contributed by atoms with Crippen LogP contribution >= 0.6 is 11.8 Å². The van der Waals surface area contributed by atoms with E-state index in [1.165, 1.54) is 16.0 Å².